The lowest BCUT2D eigenvalue weighted by molar-refractivity contribution is -0.129. The molecule has 0 spiro atoms. The van der Waals surface area contributed by atoms with Gasteiger partial charge in [-0.05, 0) is 18.2 Å². The predicted molar refractivity (Wildman–Crippen MR) is 64.9 cm³/mol. The number of carbonyl (C=O) groups excluding carboxylic acids is 2. The molecule has 0 radical (unpaired) electrons. The number of rotatable bonds is 4. The fourth-order valence-corrected chi connectivity index (χ4v) is 1.66. The Hall–Kier alpha value is -1.30. The first kappa shape index (κ1) is 13.8. The third-order valence-electron chi connectivity index (χ3n) is 1.83. The number of amides is 2. The van der Waals surface area contributed by atoms with Crippen molar-refractivity contribution in [2.75, 3.05) is 5.32 Å². The minimum Gasteiger partial charge on any atom is -0.383 e. The molecule has 0 fully saturated rings. The van der Waals surface area contributed by atoms with Crippen LogP contribution in [0.4, 0.5) is 5.69 Å². The van der Waals surface area contributed by atoms with Crippen molar-refractivity contribution in [2.24, 2.45) is 5.73 Å². The first-order valence-electron chi connectivity index (χ1n) is 4.62. The van der Waals surface area contributed by atoms with E-state index in [0.717, 1.165) is 0 Å². The van der Waals surface area contributed by atoms with Crippen molar-refractivity contribution in [2.45, 2.75) is 12.5 Å². The van der Waals surface area contributed by atoms with Crippen LogP contribution in [0.25, 0.3) is 0 Å². The topological polar surface area (TPSA) is 92.4 Å². The monoisotopic (exact) mass is 276 g/mol. The second-order valence-corrected chi connectivity index (χ2v) is 4.21. The van der Waals surface area contributed by atoms with Gasteiger partial charge in [-0.3, -0.25) is 9.59 Å². The molecule has 0 saturated carbocycles. The molecule has 4 N–H and O–H groups in total. The van der Waals surface area contributed by atoms with Gasteiger partial charge in [-0.25, -0.2) is 0 Å². The van der Waals surface area contributed by atoms with Crippen LogP contribution < -0.4 is 11.1 Å². The van der Waals surface area contributed by atoms with Crippen molar-refractivity contribution in [3.05, 3.63) is 28.2 Å². The van der Waals surface area contributed by atoms with E-state index in [1.54, 1.807) is 0 Å². The summed E-state index contributed by atoms with van der Waals surface area (Å²) < 4.78 is 0. The molecule has 0 saturated heterocycles. The molecule has 17 heavy (non-hydrogen) atoms. The summed E-state index contributed by atoms with van der Waals surface area (Å²) in [6.45, 7) is 0. The molecule has 2 amide bonds. The largest absolute Gasteiger partial charge is 0.383 e. The zero-order valence-corrected chi connectivity index (χ0v) is 10.1. The highest BCUT2D eigenvalue weighted by molar-refractivity contribution is 6.35. The Balaban J connectivity index is 2.70. The van der Waals surface area contributed by atoms with E-state index >= 15 is 0 Å². The van der Waals surface area contributed by atoms with Crippen molar-refractivity contribution < 1.29 is 14.7 Å². The van der Waals surface area contributed by atoms with E-state index in [9.17, 15) is 14.7 Å². The fraction of sp³-hybridized carbons (Fsp3) is 0.200. The maximum Gasteiger partial charge on any atom is 0.253 e. The molecule has 1 aromatic rings. The summed E-state index contributed by atoms with van der Waals surface area (Å²) in [6.07, 6.45) is -1.94. The summed E-state index contributed by atoms with van der Waals surface area (Å²) in [7, 11) is 0. The van der Waals surface area contributed by atoms with Crippen LogP contribution >= 0.6 is 23.2 Å². The lowest BCUT2D eigenvalue weighted by Crippen LogP contribution is -2.31. The molecule has 0 aliphatic carbocycles. The van der Waals surface area contributed by atoms with Gasteiger partial charge in [0.1, 0.15) is 6.10 Å². The van der Waals surface area contributed by atoms with Crippen molar-refractivity contribution >= 4 is 40.7 Å². The minimum atomic E-state index is -1.50. The van der Waals surface area contributed by atoms with Gasteiger partial charge in [0.15, 0.2) is 0 Å². The van der Waals surface area contributed by atoms with Gasteiger partial charge in [-0.15, -0.1) is 0 Å². The number of halogens is 2. The normalized spacial score (nSPS) is 11.9. The Morgan fingerprint density at radius 1 is 1.29 bits per heavy atom. The highest BCUT2D eigenvalue weighted by Gasteiger charge is 2.17. The lowest BCUT2D eigenvalue weighted by Gasteiger charge is -2.10. The zero-order chi connectivity index (χ0) is 13.0. The number of nitrogens with one attached hydrogen (secondary N) is 1. The number of primary amides is 1. The van der Waals surface area contributed by atoms with E-state index in [-0.39, 0.29) is 0 Å². The number of nitrogens with two attached hydrogens (primary N) is 1. The smallest absolute Gasteiger partial charge is 0.253 e. The summed E-state index contributed by atoms with van der Waals surface area (Å²) in [6, 6.07) is 4.42. The molecule has 1 rings (SSSR count). The van der Waals surface area contributed by atoms with Crippen LogP contribution in [0, 0.1) is 0 Å². The van der Waals surface area contributed by atoms with Crippen LogP contribution in [0.5, 0.6) is 0 Å². The number of carbonyl (C=O) groups is 2. The summed E-state index contributed by atoms with van der Waals surface area (Å²) in [4.78, 5) is 21.9. The van der Waals surface area contributed by atoms with Gasteiger partial charge in [0.2, 0.25) is 5.91 Å². The van der Waals surface area contributed by atoms with Crippen molar-refractivity contribution in [3.8, 4) is 0 Å². The van der Waals surface area contributed by atoms with Crippen LogP contribution in [-0.4, -0.2) is 23.0 Å². The molecule has 0 bridgehead atoms. The predicted octanol–water partition coefficient (Wildman–Crippen LogP) is 1.17. The summed E-state index contributed by atoms with van der Waals surface area (Å²) in [5, 5.41) is 12.4. The number of aliphatic hydroxyl groups excluding tert-OH is 1. The zero-order valence-electron chi connectivity index (χ0n) is 8.61. The molecule has 0 heterocycles. The van der Waals surface area contributed by atoms with Gasteiger partial charge in [-0.1, -0.05) is 23.2 Å². The fourth-order valence-electron chi connectivity index (χ4n) is 1.13. The first-order valence-corrected chi connectivity index (χ1v) is 5.37. The van der Waals surface area contributed by atoms with Gasteiger partial charge >= 0.3 is 0 Å². The number of hydrogen-bond acceptors (Lipinski definition) is 3. The minimum absolute atomic E-state index is 0.330. The maximum absolute atomic E-state index is 11.4. The Morgan fingerprint density at radius 2 is 1.82 bits per heavy atom. The summed E-state index contributed by atoms with van der Waals surface area (Å²) in [5.74, 6) is -1.51. The van der Waals surface area contributed by atoms with E-state index in [1.807, 2.05) is 0 Å². The van der Waals surface area contributed by atoms with E-state index < -0.39 is 24.3 Å². The average molecular weight is 277 g/mol. The highest BCUT2D eigenvalue weighted by Crippen LogP contribution is 2.22. The first-order chi connectivity index (χ1) is 7.88. The Kier molecular flexibility index (Phi) is 4.74. The lowest BCUT2D eigenvalue weighted by atomic mass is 10.2. The number of benzene rings is 1. The molecule has 0 aliphatic rings. The average Bonchev–Trinajstić information content (AvgIpc) is 2.14. The SMILES string of the molecule is NC(=O)CC(O)C(=O)Nc1cc(Cl)cc(Cl)c1. The Bertz CT molecular complexity index is 431. The molecule has 1 unspecified atom stereocenters. The van der Waals surface area contributed by atoms with Crippen molar-refractivity contribution in [3.63, 3.8) is 0 Å². The van der Waals surface area contributed by atoms with Crippen LogP contribution in [0.2, 0.25) is 10.0 Å². The Morgan fingerprint density at radius 3 is 2.29 bits per heavy atom. The second-order valence-electron chi connectivity index (χ2n) is 3.33. The van der Waals surface area contributed by atoms with Gasteiger partial charge < -0.3 is 16.2 Å². The van der Waals surface area contributed by atoms with Crippen LogP contribution in [-0.2, 0) is 9.59 Å². The summed E-state index contributed by atoms with van der Waals surface area (Å²) >= 11 is 11.5. The molecule has 0 aromatic heterocycles. The molecule has 1 aromatic carbocycles. The quantitative estimate of drug-likeness (QED) is 0.771. The van der Waals surface area contributed by atoms with Gasteiger partial charge in [0, 0.05) is 15.7 Å². The van der Waals surface area contributed by atoms with Crippen molar-refractivity contribution in [1.29, 1.82) is 0 Å². The third kappa shape index (κ3) is 4.60. The number of anilines is 1. The van der Waals surface area contributed by atoms with Gasteiger partial charge in [0.05, 0.1) is 6.42 Å². The molecular weight excluding hydrogens is 267 g/mol. The van der Waals surface area contributed by atoms with E-state index in [2.05, 4.69) is 5.32 Å². The molecular formula is C10H10Cl2N2O3. The third-order valence-corrected chi connectivity index (χ3v) is 2.26. The molecule has 1 atom stereocenters. The van der Waals surface area contributed by atoms with Crippen LogP contribution in [0.1, 0.15) is 6.42 Å². The van der Waals surface area contributed by atoms with Gasteiger partial charge in [0.25, 0.3) is 5.91 Å². The van der Waals surface area contributed by atoms with E-state index in [0.29, 0.717) is 15.7 Å². The second kappa shape index (κ2) is 5.86. The number of hydrogen-bond donors (Lipinski definition) is 3. The number of aliphatic hydroxyl groups is 1. The van der Waals surface area contributed by atoms with E-state index in [4.69, 9.17) is 28.9 Å². The molecule has 0 aliphatic heterocycles. The van der Waals surface area contributed by atoms with Gasteiger partial charge in [-0.2, -0.15) is 0 Å². The molecule has 92 valence electrons. The Labute approximate surface area is 108 Å². The highest BCUT2D eigenvalue weighted by atomic mass is 35.5. The van der Waals surface area contributed by atoms with E-state index in [1.165, 1.54) is 18.2 Å². The molecule has 5 nitrogen and oxygen atoms in total. The standard InChI is InChI=1S/C10H10Cl2N2O3/c11-5-1-6(12)3-7(2-5)14-10(17)8(15)4-9(13)16/h1-3,8,15H,4H2,(H2,13,16)(H,14,17). The van der Waals surface area contributed by atoms with Crippen molar-refractivity contribution in [1.82, 2.24) is 0 Å². The molecule has 7 heteroatoms. The summed E-state index contributed by atoms with van der Waals surface area (Å²) in [5.41, 5.74) is 5.18. The maximum atomic E-state index is 11.4. The van der Waals surface area contributed by atoms with Crippen LogP contribution in [0.15, 0.2) is 18.2 Å². The van der Waals surface area contributed by atoms with Crippen LogP contribution in [0.3, 0.4) is 0 Å².